The maximum atomic E-state index is 10.9. The van der Waals surface area contributed by atoms with Crippen molar-refractivity contribution in [1.82, 2.24) is 15.2 Å². The monoisotopic (exact) mass is 363 g/mol. The van der Waals surface area contributed by atoms with E-state index in [4.69, 9.17) is 15.6 Å². The molecule has 8 nitrogen and oxygen atoms in total. The Kier molecular flexibility index (Phi) is 4.77. The van der Waals surface area contributed by atoms with Gasteiger partial charge in [-0.2, -0.15) is 10.4 Å². The zero-order valence-electron chi connectivity index (χ0n) is 14.8. The number of carbonyl (C=O) groups is 1. The number of anilines is 1. The van der Waals surface area contributed by atoms with Crippen LogP contribution in [0.25, 0.3) is 22.4 Å². The number of aromatic amines is 1. The van der Waals surface area contributed by atoms with Crippen molar-refractivity contribution in [1.29, 1.82) is 5.26 Å². The number of aryl methyl sites for hydroxylation is 2. The van der Waals surface area contributed by atoms with Crippen LogP contribution in [0.2, 0.25) is 0 Å². The molecule has 1 aromatic carbocycles. The summed E-state index contributed by atoms with van der Waals surface area (Å²) in [5, 5.41) is 25.5. The molecule has 27 heavy (non-hydrogen) atoms. The van der Waals surface area contributed by atoms with E-state index in [-0.39, 0.29) is 11.4 Å². The number of aliphatic carboxylic acids is 1. The van der Waals surface area contributed by atoms with Crippen molar-refractivity contribution in [2.45, 2.75) is 13.8 Å². The molecular formula is C19H17N5O3. The largest absolute Gasteiger partial charge is 0.481 e. The lowest BCUT2D eigenvalue weighted by molar-refractivity contribution is -0.139. The number of nitrogens with two attached hydrogens (primary N) is 1. The molecule has 0 radical (unpaired) electrons. The third kappa shape index (κ3) is 3.43. The van der Waals surface area contributed by atoms with Crippen molar-refractivity contribution in [2.24, 2.45) is 0 Å². The number of nitrogen functional groups attached to an aromatic ring is 1. The van der Waals surface area contributed by atoms with E-state index in [2.05, 4.69) is 21.3 Å². The van der Waals surface area contributed by atoms with Crippen molar-refractivity contribution < 1.29 is 14.6 Å². The van der Waals surface area contributed by atoms with Crippen LogP contribution in [-0.2, 0) is 4.79 Å². The fourth-order valence-electron chi connectivity index (χ4n) is 2.91. The molecule has 0 saturated carbocycles. The third-order valence-electron chi connectivity index (χ3n) is 4.07. The summed E-state index contributed by atoms with van der Waals surface area (Å²) in [7, 11) is 0. The molecule has 0 aliphatic heterocycles. The summed E-state index contributed by atoms with van der Waals surface area (Å²) in [5.41, 5.74) is 10.3. The van der Waals surface area contributed by atoms with Crippen LogP contribution in [0.5, 0.6) is 5.75 Å². The molecule has 0 atom stereocenters. The van der Waals surface area contributed by atoms with Gasteiger partial charge in [0.1, 0.15) is 23.2 Å². The molecule has 2 aromatic heterocycles. The lowest BCUT2D eigenvalue weighted by Gasteiger charge is -2.14. The number of pyridine rings is 1. The van der Waals surface area contributed by atoms with Gasteiger partial charge in [-0.05, 0) is 26.0 Å². The van der Waals surface area contributed by atoms with Crippen LogP contribution in [0.15, 0.2) is 30.3 Å². The van der Waals surface area contributed by atoms with E-state index < -0.39 is 12.6 Å². The molecule has 0 aliphatic carbocycles. The molecule has 0 spiro atoms. The van der Waals surface area contributed by atoms with Gasteiger partial charge in [-0.1, -0.05) is 18.2 Å². The summed E-state index contributed by atoms with van der Waals surface area (Å²) in [6, 6.07) is 10.7. The summed E-state index contributed by atoms with van der Waals surface area (Å²) in [5.74, 6) is -0.670. The predicted octanol–water partition coefficient (Wildman–Crippen LogP) is 2.67. The second-order valence-electron chi connectivity index (χ2n) is 5.91. The zero-order chi connectivity index (χ0) is 19.6. The van der Waals surface area contributed by atoms with Crippen molar-refractivity contribution in [3.8, 4) is 34.2 Å². The number of aromatic nitrogens is 3. The topological polar surface area (TPSA) is 138 Å². The Labute approximate surface area is 155 Å². The molecule has 2 heterocycles. The number of nitriles is 1. The Hall–Kier alpha value is -3.86. The SMILES string of the molecule is Cc1n[nH]c(C)c1-c1cc(-c2ccccc2OCC(=O)O)c(C#N)c(N)n1. The minimum Gasteiger partial charge on any atom is -0.481 e. The molecule has 4 N–H and O–H groups in total. The standard InChI is InChI=1S/C19H17N5O3/c1-10-18(11(2)24-23-10)15-7-13(14(8-20)19(21)22-15)12-5-3-4-6-16(12)27-9-17(25)26/h3-7H,9H2,1-2H3,(H2,21,22)(H,23,24)(H,25,26). The number of carboxylic acids is 1. The number of rotatable bonds is 5. The summed E-state index contributed by atoms with van der Waals surface area (Å²) in [4.78, 5) is 15.2. The van der Waals surface area contributed by atoms with E-state index in [0.29, 0.717) is 22.6 Å². The van der Waals surface area contributed by atoms with Gasteiger partial charge in [0.05, 0.1) is 11.4 Å². The van der Waals surface area contributed by atoms with E-state index >= 15 is 0 Å². The Morgan fingerprint density at radius 1 is 1.33 bits per heavy atom. The number of ether oxygens (including phenoxy) is 1. The van der Waals surface area contributed by atoms with Crippen molar-refractivity contribution in [2.75, 3.05) is 12.3 Å². The van der Waals surface area contributed by atoms with Crippen LogP contribution in [0.4, 0.5) is 5.82 Å². The highest BCUT2D eigenvalue weighted by Crippen LogP contribution is 2.37. The fourth-order valence-corrected chi connectivity index (χ4v) is 2.91. The van der Waals surface area contributed by atoms with Gasteiger partial charge in [-0.25, -0.2) is 9.78 Å². The van der Waals surface area contributed by atoms with Gasteiger partial charge in [0, 0.05) is 22.4 Å². The lowest BCUT2D eigenvalue weighted by Crippen LogP contribution is -2.10. The average Bonchev–Trinajstić information content (AvgIpc) is 2.98. The molecule has 0 aliphatic rings. The zero-order valence-corrected chi connectivity index (χ0v) is 14.8. The van der Waals surface area contributed by atoms with Gasteiger partial charge >= 0.3 is 5.97 Å². The number of nitrogens with zero attached hydrogens (tertiary/aromatic N) is 3. The van der Waals surface area contributed by atoms with E-state index in [1.165, 1.54) is 0 Å². The molecule has 3 aromatic rings. The summed E-state index contributed by atoms with van der Waals surface area (Å²) in [6.45, 7) is 3.22. The van der Waals surface area contributed by atoms with E-state index in [9.17, 15) is 10.1 Å². The Morgan fingerprint density at radius 2 is 2.07 bits per heavy atom. The Bertz CT molecular complexity index is 1050. The first-order valence-electron chi connectivity index (χ1n) is 8.09. The molecule has 0 unspecified atom stereocenters. The molecular weight excluding hydrogens is 346 g/mol. The second kappa shape index (κ2) is 7.17. The van der Waals surface area contributed by atoms with Crippen molar-refractivity contribution >= 4 is 11.8 Å². The van der Waals surface area contributed by atoms with Gasteiger partial charge < -0.3 is 15.6 Å². The molecule has 0 saturated heterocycles. The van der Waals surface area contributed by atoms with Crippen molar-refractivity contribution in [3.05, 3.63) is 47.3 Å². The number of nitrogens with one attached hydrogen (secondary N) is 1. The first-order chi connectivity index (χ1) is 12.9. The van der Waals surface area contributed by atoms with E-state index in [1.807, 2.05) is 13.8 Å². The van der Waals surface area contributed by atoms with Crippen LogP contribution in [0.3, 0.4) is 0 Å². The maximum Gasteiger partial charge on any atom is 0.341 e. The number of H-pyrrole nitrogens is 1. The summed E-state index contributed by atoms with van der Waals surface area (Å²) < 4.78 is 5.38. The number of hydrogen-bond donors (Lipinski definition) is 3. The normalized spacial score (nSPS) is 10.4. The maximum absolute atomic E-state index is 10.9. The van der Waals surface area contributed by atoms with Crippen LogP contribution in [0, 0.1) is 25.2 Å². The molecule has 3 rings (SSSR count). The smallest absolute Gasteiger partial charge is 0.341 e. The van der Waals surface area contributed by atoms with Crippen LogP contribution in [-0.4, -0.2) is 32.9 Å². The van der Waals surface area contributed by atoms with Gasteiger partial charge in [0.2, 0.25) is 0 Å². The molecule has 0 amide bonds. The summed E-state index contributed by atoms with van der Waals surface area (Å²) in [6.07, 6.45) is 0. The first-order valence-corrected chi connectivity index (χ1v) is 8.09. The van der Waals surface area contributed by atoms with Crippen LogP contribution < -0.4 is 10.5 Å². The highest BCUT2D eigenvalue weighted by Gasteiger charge is 2.19. The number of para-hydroxylation sites is 1. The average molecular weight is 363 g/mol. The minimum atomic E-state index is -1.09. The molecule has 0 bridgehead atoms. The Balaban J connectivity index is 2.22. The molecule has 8 heteroatoms. The van der Waals surface area contributed by atoms with Gasteiger partial charge in [-0.3, -0.25) is 5.10 Å². The first kappa shape index (κ1) is 17.9. The number of carboxylic acid groups (broad SMARTS) is 1. The quantitative estimate of drug-likeness (QED) is 0.633. The predicted molar refractivity (Wildman–Crippen MR) is 99.0 cm³/mol. The minimum absolute atomic E-state index is 0.0815. The third-order valence-corrected chi connectivity index (χ3v) is 4.07. The van der Waals surface area contributed by atoms with Crippen molar-refractivity contribution in [3.63, 3.8) is 0 Å². The van der Waals surface area contributed by atoms with Gasteiger partial charge in [0.15, 0.2) is 6.61 Å². The number of hydrogen-bond acceptors (Lipinski definition) is 6. The summed E-state index contributed by atoms with van der Waals surface area (Å²) >= 11 is 0. The highest BCUT2D eigenvalue weighted by atomic mass is 16.5. The van der Waals surface area contributed by atoms with Crippen LogP contribution in [0.1, 0.15) is 17.0 Å². The highest BCUT2D eigenvalue weighted by molar-refractivity contribution is 5.84. The second-order valence-corrected chi connectivity index (χ2v) is 5.91. The van der Waals surface area contributed by atoms with Crippen LogP contribution >= 0.6 is 0 Å². The van der Waals surface area contributed by atoms with E-state index in [1.54, 1.807) is 30.3 Å². The molecule has 136 valence electrons. The molecule has 0 fully saturated rings. The number of benzene rings is 1. The lowest BCUT2D eigenvalue weighted by atomic mass is 9.97. The van der Waals surface area contributed by atoms with Gasteiger partial charge in [-0.15, -0.1) is 0 Å². The fraction of sp³-hybridized carbons (Fsp3) is 0.158. The Morgan fingerprint density at radius 3 is 2.70 bits per heavy atom. The van der Waals surface area contributed by atoms with E-state index in [0.717, 1.165) is 17.0 Å². The van der Waals surface area contributed by atoms with Gasteiger partial charge in [0.25, 0.3) is 0 Å².